The Morgan fingerprint density at radius 2 is 1.82 bits per heavy atom. The minimum absolute atomic E-state index is 0.201. The molecule has 0 aromatic heterocycles. The fourth-order valence-electron chi connectivity index (χ4n) is 1.29. The highest BCUT2D eigenvalue weighted by atomic mass is 35.5. The van der Waals surface area contributed by atoms with Crippen LogP contribution in [0.25, 0.3) is 0 Å². The van der Waals surface area contributed by atoms with Crippen LogP contribution in [0.3, 0.4) is 0 Å². The van der Waals surface area contributed by atoms with Gasteiger partial charge in [-0.3, -0.25) is 4.18 Å². The number of hydrogen-bond acceptors (Lipinski definition) is 4. The van der Waals surface area contributed by atoms with Crippen molar-refractivity contribution in [2.45, 2.75) is 19.1 Å². The highest BCUT2D eigenvalue weighted by Crippen LogP contribution is 2.32. The Bertz CT molecular complexity index is 485. The standard InChI is InChI=1S/C9H11Cl2NO4S/c1-5(16-17(12,14)15)9(13)8-6(10)3-2-4-7(8)11/h2-5,9,13H,1H3,(H2,12,14,15)/t5-,9+/m1/s1. The van der Waals surface area contributed by atoms with Crippen LogP contribution in [-0.4, -0.2) is 19.6 Å². The van der Waals surface area contributed by atoms with Gasteiger partial charge >= 0.3 is 10.3 Å². The maximum atomic E-state index is 10.7. The van der Waals surface area contributed by atoms with Crippen LogP contribution in [0.15, 0.2) is 18.2 Å². The quantitative estimate of drug-likeness (QED) is 0.884. The van der Waals surface area contributed by atoms with Gasteiger partial charge in [-0.05, 0) is 19.1 Å². The lowest BCUT2D eigenvalue weighted by molar-refractivity contribution is 0.0509. The van der Waals surface area contributed by atoms with Gasteiger partial charge < -0.3 is 5.11 Å². The Morgan fingerprint density at radius 1 is 1.35 bits per heavy atom. The molecule has 0 aliphatic carbocycles. The third-order valence-electron chi connectivity index (χ3n) is 2.03. The molecule has 1 aromatic carbocycles. The third-order valence-corrected chi connectivity index (χ3v) is 3.26. The summed E-state index contributed by atoms with van der Waals surface area (Å²) < 4.78 is 25.9. The van der Waals surface area contributed by atoms with Crippen LogP contribution in [0.5, 0.6) is 0 Å². The van der Waals surface area contributed by atoms with Crippen molar-refractivity contribution in [3.05, 3.63) is 33.8 Å². The first kappa shape index (κ1) is 14.7. The highest BCUT2D eigenvalue weighted by Gasteiger charge is 2.25. The van der Waals surface area contributed by atoms with E-state index in [4.69, 9.17) is 28.3 Å². The second-order valence-corrected chi connectivity index (χ2v) is 5.37. The van der Waals surface area contributed by atoms with Crippen molar-refractivity contribution >= 4 is 33.5 Å². The Labute approximate surface area is 109 Å². The first-order valence-electron chi connectivity index (χ1n) is 4.55. The minimum Gasteiger partial charge on any atom is -0.386 e. The molecular weight excluding hydrogens is 289 g/mol. The summed E-state index contributed by atoms with van der Waals surface area (Å²) in [6, 6.07) is 4.65. The van der Waals surface area contributed by atoms with Gasteiger partial charge in [0.15, 0.2) is 0 Å². The summed E-state index contributed by atoms with van der Waals surface area (Å²) in [5, 5.41) is 15.0. The van der Waals surface area contributed by atoms with Gasteiger partial charge in [-0.2, -0.15) is 8.42 Å². The van der Waals surface area contributed by atoms with E-state index in [-0.39, 0.29) is 15.6 Å². The van der Waals surface area contributed by atoms with E-state index in [1.54, 1.807) is 6.07 Å². The zero-order valence-corrected chi connectivity index (χ0v) is 11.1. The van der Waals surface area contributed by atoms with Crippen molar-refractivity contribution in [2.24, 2.45) is 5.14 Å². The van der Waals surface area contributed by atoms with Gasteiger partial charge in [0.1, 0.15) is 12.2 Å². The van der Waals surface area contributed by atoms with Crippen molar-refractivity contribution in [3.8, 4) is 0 Å². The second kappa shape index (κ2) is 5.51. The van der Waals surface area contributed by atoms with E-state index in [9.17, 15) is 13.5 Å². The molecule has 0 saturated heterocycles. The van der Waals surface area contributed by atoms with Crippen LogP contribution >= 0.6 is 23.2 Å². The monoisotopic (exact) mass is 299 g/mol. The summed E-state index contributed by atoms with van der Waals surface area (Å²) in [5.41, 5.74) is 0.201. The molecule has 1 aromatic rings. The summed E-state index contributed by atoms with van der Waals surface area (Å²) in [4.78, 5) is 0. The summed E-state index contributed by atoms with van der Waals surface area (Å²) in [6.45, 7) is 1.34. The van der Waals surface area contributed by atoms with Gasteiger partial charge in [0.25, 0.3) is 0 Å². The van der Waals surface area contributed by atoms with Crippen LogP contribution in [-0.2, 0) is 14.5 Å². The molecule has 0 fully saturated rings. The van der Waals surface area contributed by atoms with Gasteiger partial charge in [0.05, 0.1) is 0 Å². The Hall–Kier alpha value is -0.370. The molecule has 0 spiro atoms. The van der Waals surface area contributed by atoms with E-state index in [2.05, 4.69) is 4.18 Å². The molecule has 0 radical (unpaired) electrons. The minimum atomic E-state index is -4.15. The van der Waals surface area contributed by atoms with Crippen molar-refractivity contribution in [3.63, 3.8) is 0 Å². The summed E-state index contributed by atoms with van der Waals surface area (Å²) in [6.07, 6.45) is -2.39. The SMILES string of the molecule is C[C@@H](OS(N)(=O)=O)[C@H](O)c1c(Cl)cccc1Cl. The topological polar surface area (TPSA) is 89.6 Å². The van der Waals surface area contributed by atoms with Gasteiger partial charge in [0, 0.05) is 15.6 Å². The van der Waals surface area contributed by atoms with Crippen LogP contribution in [0, 0.1) is 0 Å². The molecule has 8 heteroatoms. The molecule has 0 aliphatic rings. The van der Waals surface area contributed by atoms with Gasteiger partial charge in [-0.25, -0.2) is 5.14 Å². The Balaban J connectivity index is 3.00. The summed E-state index contributed by atoms with van der Waals surface area (Å²) in [5.74, 6) is 0. The molecule has 0 unspecified atom stereocenters. The molecule has 0 bridgehead atoms. The number of halogens is 2. The van der Waals surface area contributed by atoms with Gasteiger partial charge in [-0.1, -0.05) is 29.3 Å². The summed E-state index contributed by atoms with van der Waals surface area (Å²) in [7, 11) is -4.15. The lowest BCUT2D eigenvalue weighted by Gasteiger charge is -2.20. The molecule has 96 valence electrons. The predicted octanol–water partition coefficient (Wildman–Crippen LogP) is 1.64. The molecule has 1 rings (SSSR count). The van der Waals surface area contributed by atoms with E-state index in [0.717, 1.165) is 0 Å². The molecule has 0 aliphatic heterocycles. The molecule has 17 heavy (non-hydrogen) atoms. The number of aliphatic hydroxyl groups is 1. The van der Waals surface area contributed by atoms with Crippen molar-refractivity contribution < 1.29 is 17.7 Å². The predicted molar refractivity (Wildman–Crippen MR) is 65.1 cm³/mol. The molecule has 5 nitrogen and oxygen atoms in total. The van der Waals surface area contributed by atoms with Crippen LogP contribution in [0.4, 0.5) is 0 Å². The number of nitrogens with two attached hydrogens (primary N) is 1. The van der Waals surface area contributed by atoms with Crippen molar-refractivity contribution in [1.29, 1.82) is 0 Å². The maximum Gasteiger partial charge on any atom is 0.333 e. The van der Waals surface area contributed by atoms with E-state index < -0.39 is 22.5 Å². The largest absolute Gasteiger partial charge is 0.386 e. The first-order valence-corrected chi connectivity index (χ1v) is 6.78. The smallest absolute Gasteiger partial charge is 0.333 e. The summed E-state index contributed by atoms with van der Waals surface area (Å²) >= 11 is 11.7. The zero-order valence-electron chi connectivity index (χ0n) is 8.80. The fraction of sp³-hybridized carbons (Fsp3) is 0.333. The van der Waals surface area contributed by atoms with Crippen molar-refractivity contribution in [1.82, 2.24) is 0 Å². The molecule has 2 atom stereocenters. The molecule has 0 heterocycles. The number of aliphatic hydroxyl groups excluding tert-OH is 1. The number of hydrogen-bond donors (Lipinski definition) is 2. The Morgan fingerprint density at radius 3 is 2.24 bits per heavy atom. The third kappa shape index (κ3) is 4.09. The van der Waals surface area contributed by atoms with E-state index in [0.29, 0.717) is 0 Å². The average Bonchev–Trinajstić information content (AvgIpc) is 2.14. The highest BCUT2D eigenvalue weighted by molar-refractivity contribution is 7.84. The normalized spacial score (nSPS) is 15.6. The van der Waals surface area contributed by atoms with Crippen molar-refractivity contribution in [2.75, 3.05) is 0 Å². The van der Waals surface area contributed by atoms with Gasteiger partial charge in [0.2, 0.25) is 0 Å². The lowest BCUT2D eigenvalue weighted by atomic mass is 10.1. The van der Waals surface area contributed by atoms with E-state index in [1.165, 1.54) is 19.1 Å². The van der Waals surface area contributed by atoms with E-state index >= 15 is 0 Å². The number of benzene rings is 1. The lowest BCUT2D eigenvalue weighted by Crippen LogP contribution is -2.27. The fourth-order valence-corrected chi connectivity index (χ4v) is 2.44. The van der Waals surface area contributed by atoms with Crippen LogP contribution < -0.4 is 5.14 Å². The Kier molecular flexibility index (Phi) is 4.77. The van der Waals surface area contributed by atoms with Crippen LogP contribution in [0.1, 0.15) is 18.6 Å². The average molecular weight is 300 g/mol. The van der Waals surface area contributed by atoms with Crippen LogP contribution in [0.2, 0.25) is 10.0 Å². The number of rotatable bonds is 4. The molecular formula is C9H11Cl2NO4S. The van der Waals surface area contributed by atoms with Gasteiger partial charge in [-0.15, -0.1) is 0 Å². The zero-order chi connectivity index (χ0) is 13.2. The maximum absolute atomic E-state index is 10.7. The molecule has 3 N–H and O–H groups in total. The van der Waals surface area contributed by atoms with E-state index in [1.807, 2.05) is 0 Å². The first-order chi connectivity index (χ1) is 7.72. The second-order valence-electron chi connectivity index (χ2n) is 3.37. The molecule has 0 amide bonds. The molecule has 0 saturated carbocycles.